The van der Waals surface area contributed by atoms with Crippen molar-refractivity contribution in [2.75, 3.05) is 38.0 Å². The zero-order valence-electron chi connectivity index (χ0n) is 25.2. The third kappa shape index (κ3) is 7.44. The lowest BCUT2D eigenvalue weighted by Crippen LogP contribution is -2.51. The molecule has 0 radical (unpaired) electrons. The summed E-state index contributed by atoms with van der Waals surface area (Å²) in [6.45, 7) is 8.08. The van der Waals surface area contributed by atoms with Crippen molar-refractivity contribution in [3.63, 3.8) is 0 Å². The molecule has 4 aromatic carbocycles. The smallest absolute Gasteiger partial charge is 0.255 e. The van der Waals surface area contributed by atoms with Crippen LogP contribution in [0.25, 0.3) is 0 Å². The van der Waals surface area contributed by atoms with Crippen molar-refractivity contribution in [1.29, 1.82) is 0 Å². The van der Waals surface area contributed by atoms with Gasteiger partial charge in [0.15, 0.2) is 6.29 Å². The minimum Gasteiger partial charge on any atom is -0.392 e. The summed E-state index contributed by atoms with van der Waals surface area (Å²) in [5, 5.41) is 12.5. The maximum atomic E-state index is 12.6. The van der Waals surface area contributed by atoms with E-state index in [1.807, 2.05) is 54.6 Å². The molecule has 4 atom stereocenters. The summed E-state index contributed by atoms with van der Waals surface area (Å²) in [6.07, 6.45) is -0.741. The fourth-order valence-corrected chi connectivity index (χ4v) is 6.07. The van der Waals surface area contributed by atoms with Crippen molar-refractivity contribution in [1.82, 2.24) is 9.80 Å². The molecular formula is C37H41N3O4. The lowest BCUT2D eigenvalue weighted by Gasteiger charge is -2.44. The van der Waals surface area contributed by atoms with Gasteiger partial charge in [-0.25, -0.2) is 0 Å². The number of piperazine rings is 1. The molecule has 0 unspecified atom stereocenters. The zero-order chi connectivity index (χ0) is 30.3. The molecule has 2 saturated heterocycles. The van der Waals surface area contributed by atoms with Crippen LogP contribution in [-0.4, -0.2) is 59.6 Å². The summed E-state index contributed by atoms with van der Waals surface area (Å²) in [6, 6.07) is 35.6. The average Bonchev–Trinajstić information content (AvgIpc) is 3.08. The standard InChI is InChI=1S/C37H41N3O4/c1-27-34(25-40-22-20-39(21-23-40)24-28-8-4-2-5-9-28)43-37(44-35(27)30-14-12-29(26-41)13-15-30)32-16-18-33(19-17-32)38-36(42)31-10-6-3-7-11-31/h2-19,27,34-35,37,41H,20-26H2,1H3,(H,38,42)/t27-,34+,35+,37+/m0/s1. The summed E-state index contributed by atoms with van der Waals surface area (Å²) in [4.78, 5) is 17.7. The van der Waals surface area contributed by atoms with Gasteiger partial charge < -0.3 is 19.9 Å². The average molecular weight is 592 g/mol. The normalized spacial score (nSPS) is 22.9. The van der Waals surface area contributed by atoms with Crippen LogP contribution in [0.4, 0.5) is 5.69 Å². The third-order valence-electron chi connectivity index (χ3n) is 8.75. The second-order valence-electron chi connectivity index (χ2n) is 11.8. The number of aliphatic hydroxyl groups excluding tert-OH is 1. The van der Waals surface area contributed by atoms with E-state index in [1.165, 1.54) is 5.56 Å². The number of benzene rings is 4. The number of hydrogen-bond acceptors (Lipinski definition) is 6. The predicted octanol–water partition coefficient (Wildman–Crippen LogP) is 6.04. The molecule has 7 heteroatoms. The molecule has 2 aliphatic heterocycles. The highest BCUT2D eigenvalue weighted by Gasteiger charge is 2.39. The van der Waals surface area contributed by atoms with Gasteiger partial charge in [0.2, 0.25) is 0 Å². The van der Waals surface area contributed by atoms with Crippen molar-refractivity contribution >= 4 is 11.6 Å². The van der Waals surface area contributed by atoms with Crippen LogP contribution in [0.2, 0.25) is 0 Å². The van der Waals surface area contributed by atoms with Gasteiger partial charge in [0.25, 0.3) is 5.91 Å². The topological polar surface area (TPSA) is 74.3 Å². The second-order valence-corrected chi connectivity index (χ2v) is 11.8. The Kier molecular flexibility index (Phi) is 9.80. The maximum absolute atomic E-state index is 12.6. The number of ether oxygens (including phenoxy) is 2. The number of nitrogens with one attached hydrogen (secondary N) is 1. The molecule has 2 heterocycles. The van der Waals surface area contributed by atoms with Crippen molar-refractivity contribution in [2.45, 2.75) is 38.6 Å². The van der Waals surface area contributed by atoms with Gasteiger partial charge in [0, 0.05) is 62.0 Å². The fourth-order valence-electron chi connectivity index (χ4n) is 6.07. The van der Waals surface area contributed by atoms with E-state index >= 15 is 0 Å². The van der Waals surface area contributed by atoms with Gasteiger partial charge in [0.1, 0.15) is 0 Å². The number of hydrogen-bond donors (Lipinski definition) is 2. The Labute approximate surface area is 260 Å². The molecule has 44 heavy (non-hydrogen) atoms. The monoisotopic (exact) mass is 591 g/mol. The molecule has 4 aromatic rings. The van der Waals surface area contributed by atoms with Crippen LogP contribution in [0.5, 0.6) is 0 Å². The number of carbonyl (C=O) groups excluding carboxylic acids is 1. The number of aliphatic hydroxyl groups is 1. The molecule has 0 aliphatic carbocycles. The minimum atomic E-state index is -0.544. The van der Waals surface area contributed by atoms with Gasteiger partial charge in [-0.05, 0) is 41.0 Å². The number of nitrogens with zero attached hydrogens (tertiary/aromatic N) is 2. The highest BCUT2D eigenvalue weighted by Crippen LogP contribution is 2.42. The van der Waals surface area contributed by atoms with Crippen LogP contribution < -0.4 is 5.32 Å². The summed E-state index contributed by atoms with van der Waals surface area (Å²) in [7, 11) is 0. The predicted molar refractivity (Wildman–Crippen MR) is 172 cm³/mol. The van der Waals surface area contributed by atoms with Crippen LogP contribution in [-0.2, 0) is 22.6 Å². The quantitative estimate of drug-likeness (QED) is 0.247. The van der Waals surface area contributed by atoms with Crippen molar-refractivity contribution < 1.29 is 19.4 Å². The Morgan fingerprint density at radius 2 is 1.36 bits per heavy atom. The Hall–Kier alpha value is -3.85. The second kappa shape index (κ2) is 14.3. The molecular weight excluding hydrogens is 550 g/mol. The lowest BCUT2D eigenvalue weighted by atomic mass is 9.90. The van der Waals surface area contributed by atoms with Crippen LogP contribution in [0.15, 0.2) is 109 Å². The number of carbonyl (C=O) groups is 1. The van der Waals surface area contributed by atoms with Crippen LogP contribution in [0.1, 0.15) is 51.9 Å². The van der Waals surface area contributed by atoms with E-state index in [0.717, 1.165) is 56.0 Å². The SMILES string of the molecule is C[C@H]1[C@@H](CN2CCN(Cc3ccccc3)CC2)O[C@@H](c2ccc(NC(=O)c3ccccc3)cc2)O[C@H]1c1ccc(CO)cc1. The van der Waals surface area contributed by atoms with E-state index in [0.29, 0.717) is 11.3 Å². The van der Waals surface area contributed by atoms with Gasteiger partial charge in [-0.15, -0.1) is 0 Å². The summed E-state index contributed by atoms with van der Waals surface area (Å²) in [5.74, 6) is -0.0225. The molecule has 0 bridgehead atoms. The third-order valence-corrected chi connectivity index (χ3v) is 8.75. The van der Waals surface area contributed by atoms with Crippen molar-refractivity contribution in [3.05, 3.63) is 137 Å². The Morgan fingerprint density at radius 1 is 0.750 bits per heavy atom. The minimum absolute atomic E-state index is 0.0130. The van der Waals surface area contributed by atoms with Gasteiger partial charge >= 0.3 is 0 Å². The largest absolute Gasteiger partial charge is 0.392 e. The van der Waals surface area contributed by atoms with E-state index < -0.39 is 6.29 Å². The van der Waals surface area contributed by atoms with Crippen molar-refractivity contribution in [2.24, 2.45) is 5.92 Å². The Bertz CT molecular complexity index is 1470. The number of rotatable bonds is 9. The first-order valence-electron chi connectivity index (χ1n) is 15.5. The molecule has 0 saturated carbocycles. The van der Waals surface area contributed by atoms with Gasteiger partial charge in [0.05, 0.1) is 18.8 Å². The highest BCUT2D eigenvalue weighted by molar-refractivity contribution is 6.04. The van der Waals surface area contributed by atoms with E-state index in [9.17, 15) is 9.90 Å². The number of anilines is 1. The molecule has 2 fully saturated rings. The fraction of sp³-hybridized carbons (Fsp3) is 0.324. The summed E-state index contributed by atoms with van der Waals surface area (Å²) >= 11 is 0. The van der Waals surface area contributed by atoms with Gasteiger partial charge in [-0.1, -0.05) is 91.9 Å². The molecule has 6 rings (SSSR count). The van der Waals surface area contributed by atoms with Gasteiger partial charge in [-0.3, -0.25) is 14.6 Å². The molecule has 2 aliphatic rings. The van der Waals surface area contributed by atoms with Crippen LogP contribution >= 0.6 is 0 Å². The maximum Gasteiger partial charge on any atom is 0.255 e. The first-order chi connectivity index (χ1) is 21.6. The van der Waals surface area contributed by atoms with Crippen molar-refractivity contribution in [3.8, 4) is 0 Å². The van der Waals surface area contributed by atoms with Crippen LogP contribution in [0.3, 0.4) is 0 Å². The molecule has 7 nitrogen and oxygen atoms in total. The first-order valence-corrected chi connectivity index (χ1v) is 15.5. The first kappa shape index (κ1) is 30.2. The van der Waals surface area contributed by atoms with E-state index in [1.54, 1.807) is 12.1 Å². The Balaban J connectivity index is 1.14. The van der Waals surface area contributed by atoms with E-state index in [-0.39, 0.29) is 30.6 Å². The molecule has 0 spiro atoms. The molecule has 0 aromatic heterocycles. The van der Waals surface area contributed by atoms with E-state index in [4.69, 9.17) is 9.47 Å². The molecule has 228 valence electrons. The van der Waals surface area contributed by atoms with Crippen LogP contribution in [0, 0.1) is 5.92 Å². The summed E-state index contributed by atoms with van der Waals surface area (Å²) in [5.41, 5.74) is 5.54. The van der Waals surface area contributed by atoms with Gasteiger partial charge in [-0.2, -0.15) is 0 Å². The Morgan fingerprint density at radius 3 is 2.02 bits per heavy atom. The number of amides is 1. The molecule has 2 N–H and O–H groups in total. The zero-order valence-corrected chi connectivity index (χ0v) is 25.2. The summed E-state index contributed by atoms with van der Waals surface area (Å²) < 4.78 is 13.3. The van der Waals surface area contributed by atoms with E-state index in [2.05, 4.69) is 64.5 Å². The highest BCUT2D eigenvalue weighted by atomic mass is 16.7. The molecule has 1 amide bonds. The lowest BCUT2D eigenvalue weighted by molar-refractivity contribution is -0.276.